The molecule has 1 amide bonds. The Balaban J connectivity index is 2.22. The van der Waals surface area contributed by atoms with Gasteiger partial charge >= 0.3 is 0 Å². The van der Waals surface area contributed by atoms with Crippen LogP contribution in [-0.2, 0) is 22.4 Å². The fourth-order valence-electron chi connectivity index (χ4n) is 2.76. The van der Waals surface area contributed by atoms with E-state index in [1.165, 1.54) is 0 Å². The van der Waals surface area contributed by atoms with Crippen LogP contribution in [0.5, 0.6) is 11.5 Å². The molecule has 1 aliphatic rings. The van der Waals surface area contributed by atoms with Crippen LogP contribution in [-0.4, -0.2) is 48.8 Å². The Morgan fingerprint density at radius 3 is 2.77 bits per heavy atom. The predicted octanol–water partition coefficient (Wildman–Crippen LogP) is 2.37. The highest BCUT2D eigenvalue weighted by Gasteiger charge is 2.20. The van der Waals surface area contributed by atoms with E-state index < -0.39 is 0 Å². The average molecular weight is 356 g/mol. The summed E-state index contributed by atoms with van der Waals surface area (Å²) in [6, 6.07) is 5.56. The number of hydrogen-bond donors (Lipinski definition) is 1. The Bertz CT molecular complexity index is 728. The van der Waals surface area contributed by atoms with Gasteiger partial charge in [0, 0.05) is 18.7 Å². The van der Waals surface area contributed by atoms with Gasteiger partial charge in [0.25, 0.3) is 5.91 Å². The zero-order valence-electron chi connectivity index (χ0n) is 15.0. The summed E-state index contributed by atoms with van der Waals surface area (Å²) in [4.78, 5) is 14.1. The first-order valence-electron chi connectivity index (χ1n) is 8.66. The van der Waals surface area contributed by atoms with Gasteiger partial charge in [0.15, 0.2) is 11.5 Å². The molecule has 0 saturated carbocycles. The monoisotopic (exact) mass is 356 g/mol. The molecule has 0 unspecified atom stereocenters. The van der Waals surface area contributed by atoms with Crippen molar-refractivity contribution in [3.05, 3.63) is 47.6 Å². The van der Waals surface area contributed by atoms with Gasteiger partial charge in [-0.15, -0.1) is 6.58 Å². The van der Waals surface area contributed by atoms with Gasteiger partial charge in [-0.1, -0.05) is 18.2 Å². The second kappa shape index (κ2) is 9.64. The number of benzene rings is 1. The van der Waals surface area contributed by atoms with Crippen LogP contribution >= 0.6 is 0 Å². The molecule has 138 valence electrons. The summed E-state index contributed by atoms with van der Waals surface area (Å²) in [6.45, 7) is 7.94. The zero-order valence-corrected chi connectivity index (χ0v) is 15.0. The molecule has 26 heavy (non-hydrogen) atoms. The Hall–Kier alpha value is -2.78. The van der Waals surface area contributed by atoms with Crippen LogP contribution in [0.3, 0.4) is 0 Å². The third kappa shape index (κ3) is 4.87. The molecule has 1 N–H and O–H groups in total. The van der Waals surface area contributed by atoms with Gasteiger partial charge in [-0.3, -0.25) is 4.79 Å². The summed E-state index contributed by atoms with van der Waals surface area (Å²) < 4.78 is 10.7. The van der Waals surface area contributed by atoms with Gasteiger partial charge < -0.3 is 19.5 Å². The maximum atomic E-state index is 12.4. The van der Waals surface area contributed by atoms with Crippen LogP contribution in [0.1, 0.15) is 18.1 Å². The summed E-state index contributed by atoms with van der Waals surface area (Å²) in [5.41, 5.74) is 1.67. The number of carbonyl (C=O) groups excluding carboxylic acids is 1. The number of ether oxygens (including phenoxy) is 2. The van der Waals surface area contributed by atoms with Gasteiger partial charge in [0.05, 0.1) is 19.8 Å². The zero-order chi connectivity index (χ0) is 18.9. The quantitative estimate of drug-likeness (QED) is 0.461. The summed E-state index contributed by atoms with van der Waals surface area (Å²) >= 11 is 0. The Morgan fingerprint density at radius 1 is 1.42 bits per heavy atom. The van der Waals surface area contributed by atoms with Crippen molar-refractivity contribution in [3.8, 4) is 17.6 Å². The summed E-state index contributed by atoms with van der Waals surface area (Å²) in [7, 11) is 0. The number of nitriles is 1. The number of phenolic OH excluding ortho intramolecular Hbond substituents is 1. The number of carbonyl (C=O) groups is 1. The molecule has 0 radical (unpaired) electrons. The van der Waals surface area contributed by atoms with Gasteiger partial charge in [0.1, 0.15) is 11.6 Å². The van der Waals surface area contributed by atoms with Crippen molar-refractivity contribution < 1.29 is 19.4 Å². The van der Waals surface area contributed by atoms with Crippen molar-refractivity contribution >= 4 is 5.91 Å². The highest BCUT2D eigenvalue weighted by atomic mass is 16.5. The van der Waals surface area contributed by atoms with Gasteiger partial charge in [-0.25, -0.2) is 0 Å². The van der Waals surface area contributed by atoms with Crippen molar-refractivity contribution in [1.82, 2.24) is 4.90 Å². The number of rotatable bonds is 7. The predicted molar refractivity (Wildman–Crippen MR) is 98.0 cm³/mol. The van der Waals surface area contributed by atoms with Crippen LogP contribution < -0.4 is 4.74 Å². The van der Waals surface area contributed by atoms with Crippen molar-refractivity contribution in [3.63, 3.8) is 0 Å². The first-order valence-corrected chi connectivity index (χ1v) is 8.66. The topological polar surface area (TPSA) is 82.8 Å². The molecule has 2 rings (SSSR count). The smallest absolute Gasteiger partial charge is 0.264 e. The van der Waals surface area contributed by atoms with E-state index in [0.29, 0.717) is 57.1 Å². The molecule has 0 bridgehead atoms. The molecule has 0 aliphatic carbocycles. The molecule has 6 heteroatoms. The van der Waals surface area contributed by atoms with Crippen molar-refractivity contribution in [2.75, 3.05) is 32.9 Å². The molecule has 0 atom stereocenters. The van der Waals surface area contributed by atoms with Crippen molar-refractivity contribution in [2.45, 2.75) is 19.8 Å². The summed E-state index contributed by atoms with van der Waals surface area (Å²) in [5, 5.41) is 19.6. The van der Waals surface area contributed by atoms with E-state index in [9.17, 15) is 15.2 Å². The fraction of sp³-hybridized carbons (Fsp3) is 0.400. The number of nitrogens with zero attached hydrogens (tertiary/aromatic N) is 2. The summed E-state index contributed by atoms with van der Waals surface area (Å²) in [5.74, 6) is 0.226. The first kappa shape index (κ1) is 19.5. The number of hydrogen-bond acceptors (Lipinski definition) is 5. The average Bonchev–Trinajstić information content (AvgIpc) is 2.66. The Morgan fingerprint density at radius 2 is 2.15 bits per heavy atom. The van der Waals surface area contributed by atoms with Crippen molar-refractivity contribution in [2.24, 2.45) is 0 Å². The lowest BCUT2D eigenvalue weighted by molar-refractivity contribution is -0.130. The van der Waals surface area contributed by atoms with Crippen LogP contribution in [0.25, 0.3) is 0 Å². The number of aromatic hydroxyl groups is 1. The second-order valence-corrected chi connectivity index (χ2v) is 5.87. The maximum absolute atomic E-state index is 12.4. The van der Waals surface area contributed by atoms with Gasteiger partial charge in [-0.05, 0) is 31.4 Å². The third-order valence-electron chi connectivity index (χ3n) is 4.07. The minimum absolute atomic E-state index is 0.101. The van der Waals surface area contributed by atoms with Crippen LogP contribution in [0, 0.1) is 11.3 Å². The van der Waals surface area contributed by atoms with Gasteiger partial charge in [-0.2, -0.15) is 5.26 Å². The lowest BCUT2D eigenvalue weighted by Crippen LogP contribution is -2.41. The molecular formula is C20H24N2O4. The first-order chi connectivity index (χ1) is 12.6. The lowest BCUT2D eigenvalue weighted by atomic mass is 10.0. The minimum atomic E-state index is -0.272. The highest BCUT2D eigenvalue weighted by molar-refractivity contribution is 5.97. The molecule has 1 saturated heterocycles. The van der Waals surface area contributed by atoms with E-state index in [2.05, 4.69) is 6.58 Å². The molecular weight excluding hydrogens is 332 g/mol. The van der Waals surface area contributed by atoms with E-state index in [0.717, 1.165) is 5.56 Å². The minimum Gasteiger partial charge on any atom is -0.504 e. The molecule has 1 aromatic rings. The highest BCUT2D eigenvalue weighted by Crippen LogP contribution is 2.32. The lowest BCUT2D eigenvalue weighted by Gasteiger charge is -2.26. The van der Waals surface area contributed by atoms with Gasteiger partial charge in [0.2, 0.25) is 0 Å². The summed E-state index contributed by atoms with van der Waals surface area (Å²) in [6.07, 6.45) is 4.22. The largest absolute Gasteiger partial charge is 0.504 e. The molecule has 1 aliphatic heterocycles. The number of amides is 1. The molecule has 0 aromatic heterocycles. The molecule has 0 spiro atoms. The molecule has 1 aromatic carbocycles. The molecule has 1 heterocycles. The third-order valence-corrected chi connectivity index (χ3v) is 4.07. The van der Waals surface area contributed by atoms with E-state index in [-0.39, 0.29) is 17.2 Å². The number of phenols is 1. The SMILES string of the molecule is C=CCc1cc(C/C=C(\C#N)C(=O)N2CCOCC2)cc(OCC)c1O. The van der Waals surface area contributed by atoms with Crippen molar-refractivity contribution in [1.29, 1.82) is 5.26 Å². The fourth-order valence-corrected chi connectivity index (χ4v) is 2.76. The standard InChI is InChI=1S/C20H24N2O4/c1-3-5-16-12-15(13-18(19(16)23)26-4-2)6-7-17(14-21)20(24)22-8-10-25-11-9-22/h3,7,12-13,23H,1,4-6,8-11H2,2H3/b17-7+. The van der Waals surface area contributed by atoms with Crippen LogP contribution in [0.15, 0.2) is 36.4 Å². The Labute approximate surface area is 153 Å². The Kier molecular flexibility index (Phi) is 7.24. The molecule has 1 fully saturated rings. The second-order valence-electron chi connectivity index (χ2n) is 5.87. The van der Waals surface area contributed by atoms with E-state index in [1.54, 1.807) is 23.1 Å². The maximum Gasteiger partial charge on any atom is 0.264 e. The normalized spacial score (nSPS) is 14.6. The van der Waals surface area contributed by atoms with Crippen LogP contribution in [0.4, 0.5) is 0 Å². The van der Waals surface area contributed by atoms with Crippen LogP contribution in [0.2, 0.25) is 0 Å². The number of morpholine rings is 1. The van der Waals surface area contributed by atoms with E-state index in [4.69, 9.17) is 9.47 Å². The van der Waals surface area contributed by atoms with E-state index in [1.807, 2.05) is 19.1 Å². The molecule has 6 nitrogen and oxygen atoms in total. The number of allylic oxidation sites excluding steroid dienone is 2. The van der Waals surface area contributed by atoms with E-state index >= 15 is 0 Å².